The van der Waals surface area contributed by atoms with Gasteiger partial charge < -0.3 is 9.64 Å². The Hall–Kier alpha value is -1.87. The number of amides is 1. The van der Waals surface area contributed by atoms with Gasteiger partial charge in [-0.1, -0.05) is 18.5 Å². The van der Waals surface area contributed by atoms with Gasteiger partial charge in [0.2, 0.25) is 0 Å². The molecule has 8 nitrogen and oxygen atoms in total. The van der Waals surface area contributed by atoms with Gasteiger partial charge in [-0.3, -0.25) is 14.9 Å². The maximum Gasteiger partial charge on any atom is 0.271 e. The van der Waals surface area contributed by atoms with Crippen molar-refractivity contribution in [2.75, 3.05) is 18.1 Å². The maximum absolute atomic E-state index is 12.7. The number of rotatable bonds is 7. The van der Waals surface area contributed by atoms with Crippen molar-refractivity contribution < 1.29 is 22.9 Å². The number of non-ortho nitro benzene ring substituents is 1. The van der Waals surface area contributed by atoms with Crippen LogP contribution in [0.2, 0.25) is 5.02 Å². The zero-order valence-corrected chi connectivity index (χ0v) is 16.1. The minimum absolute atomic E-state index is 0.0329. The highest BCUT2D eigenvalue weighted by atomic mass is 35.5. The van der Waals surface area contributed by atoms with Gasteiger partial charge in [-0.05, 0) is 25.8 Å². The lowest BCUT2D eigenvalue weighted by atomic mass is 10.1. The van der Waals surface area contributed by atoms with Crippen molar-refractivity contribution in [1.29, 1.82) is 0 Å². The summed E-state index contributed by atoms with van der Waals surface area (Å²) in [5.41, 5.74) is -0.175. The minimum Gasteiger partial charge on any atom is -0.482 e. The lowest BCUT2D eigenvalue weighted by Gasteiger charge is -2.33. The maximum atomic E-state index is 12.7. The number of hydrogen-bond acceptors (Lipinski definition) is 6. The lowest BCUT2D eigenvalue weighted by molar-refractivity contribution is -0.384. The van der Waals surface area contributed by atoms with Crippen LogP contribution in [0.15, 0.2) is 18.2 Å². The van der Waals surface area contributed by atoms with E-state index in [2.05, 4.69) is 0 Å². The van der Waals surface area contributed by atoms with Crippen molar-refractivity contribution in [3.63, 3.8) is 0 Å². The monoisotopic (exact) mass is 404 g/mol. The summed E-state index contributed by atoms with van der Waals surface area (Å²) in [6, 6.07) is 3.23. The second kappa shape index (κ2) is 8.22. The quantitative estimate of drug-likeness (QED) is 0.510. The topological polar surface area (TPSA) is 107 Å². The zero-order chi connectivity index (χ0) is 19.5. The highest BCUT2D eigenvalue weighted by molar-refractivity contribution is 7.91. The molecule has 0 aromatic heterocycles. The van der Waals surface area contributed by atoms with E-state index in [-0.39, 0.29) is 52.6 Å². The van der Waals surface area contributed by atoms with Crippen LogP contribution in [-0.4, -0.2) is 54.3 Å². The molecule has 10 heteroatoms. The average molecular weight is 405 g/mol. The fourth-order valence-electron chi connectivity index (χ4n) is 2.94. The number of nitro groups is 1. The van der Waals surface area contributed by atoms with Gasteiger partial charge in [-0.25, -0.2) is 8.42 Å². The molecular formula is C16H21ClN2O6S. The van der Waals surface area contributed by atoms with Crippen LogP contribution in [0.25, 0.3) is 0 Å². The van der Waals surface area contributed by atoms with Crippen LogP contribution in [0.5, 0.6) is 5.75 Å². The van der Waals surface area contributed by atoms with Crippen molar-refractivity contribution in [1.82, 2.24) is 4.90 Å². The number of nitrogens with zero attached hydrogens (tertiary/aromatic N) is 2. The normalized spacial score (nSPS) is 19.7. The van der Waals surface area contributed by atoms with Crippen molar-refractivity contribution in [2.45, 2.75) is 38.8 Å². The molecule has 26 heavy (non-hydrogen) atoms. The van der Waals surface area contributed by atoms with E-state index in [1.807, 2.05) is 13.8 Å². The molecule has 144 valence electrons. The minimum atomic E-state index is -3.12. The van der Waals surface area contributed by atoms with E-state index < -0.39 is 14.8 Å². The molecule has 1 amide bonds. The van der Waals surface area contributed by atoms with Crippen LogP contribution < -0.4 is 4.74 Å². The Morgan fingerprint density at radius 1 is 1.50 bits per heavy atom. The number of ether oxygens (including phenoxy) is 1. The second-order valence-electron chi connectivity index (χ2n) is 6.28. The predicted octanol–water partition coefficient (Wildman–Crippen LogP) is 2.44. The van der Waals surface area contributed by atoms with Crippen LogP contribution in [0.1, 0.15) is 26.7 Å². The molecule has 1 aromatic carbocycles. The molecule has 1 aliphatic rings. The van der Waals surface area contributed by atoms with Gasteiger partial charge in [0.15, 0.2) is 16.4 Å². The molecule has 0 spiro atoms. The zero-order valence-electron chi connectivity index (χ0n) is 14.6. The second-order valence-corrected chi connectivity index (χ2v) is 8.91. The first-order chi connectivity index (χ1) is 12.1. The largest absolute Gasteiger partial charge is 0.482 e. The molecule has 0 bridgehead atoms. The molecule has 2 rings (SSSR count). The third-order valence-corrected chi connectivity index (χ3v) is 6.48. The number of sulfone groups is 1. The van der Waals surface area contributed by atoms with E-state index in [1.165, 1.54) is 12.1 Å². The molecule has 1 heterocycles. The molecule has 0 aliphatic carbocycles. The first-order valence-corrected chi connectivity index (χ1v) is 10.4. The number of halogens is 1. The number of hydrogen-bond donors (Lipinski definition) is 0. The number of nitro benzene ring substituents is 1. The molecule has 1 saturated heterocycles. The summed E-state index contributed by atoms with van der Waals surface area (Å²) in [6.07, 6.45) is 1.09. The summed E-state index contributed by atoms with van der Waals surface area (Å²) in [4.78, 5) is 24.4. The van der Waals surface area contributed by atoms with Crippen LogP contribution in [-0.2, 0) is 14.6 Å². The van der Waals surface area contributed by atoms with Gasteiger partial charge in [0.25, 0.3) is 11.6 Å². The van der Waals surface area contributed by atoms with Gasteiger partial charge in [-0.2, -0.15) is 0 Å². The molecule has 0 N–H and O–H groups in total. The number of carbonyl (C=O) groups is 1. The van der Waals surface area contributed by atoms with Crippen LogP contribution in [0.4, 0.5) is 5.69 Å². The van der Waals surface area contributed by atoms with Crippen molar-refractivity contribution in [3.8, 4) is 5.75 Å². The first-order valence-electron chi connectivity index (χ1n) is 8.23. The summed E-state index contributed by atoms with van der Waals surface area (Å²) in [7, 11) is -3.12. The Balaban J connectivity index is 2.09. The SMILES string of the molecule is CC[C@@H](C)N(C(=O)COc1ccc([N+](=O)[O-])cc1Cl)[C@@H]1CCS(=O)(=O)C1. The molecule has 1 aliphatic heterocycles. The highest BCUT2D eigenvalue weighted by Crippen LogP contribution is 2.29. The van der Waals surface area contributed by atoms with Gasteiger partial charge in [0.1, 0.15) is 5.75 Å². The van der Waals surface area contributed by atoms with Crippen molar-refractivity contribution in [3.05, 3.63) is 33.3 Å². The van der Waals surface area contributed by atoms with E-state index in [4.69, 9.17) is 16.3 Å². The fraction of sp³-hybridized carbons (Fsp3) is 0.562. The van der Waals surface area contributed by atoms with Gasteiger partial charge >= 0.3 is 0 Å². The Morgan fingerprint density at radius 3 is 2.69 bits per heavy atom. The summed E-state index contributed by atoms with van der Waals surface area (Å²) in [5.74, 6) is -0.140. The first kappa shape index (κ1) is 20.4. The number of benzene rings is 1. The highest BCUT2D eigenvalue weighted by Gasteiger charge is 2.36. The van der Waals surface area contributed by atoms with Crippen molar-refractivity contribution in [2.24, 2.45) is 0 Å². The van der Waals surface area contributed by atoms with Crippen LogP contribution in [0, 0.1) is 10.1 Å². The van der Waals surface area contributed by atoms with Gasteiger partial charge in [0, 0.05) is 24.2 Å². The fourth-order valence-corrected chi connectivity index (χ4v) is 4.88. The van der Waals surface area contributed by atoms with Gasteiger partial charge in [-0.15, -0.1) is 0 Å². The summed E-state index contributed by atoms with van der Waals surface area (Å²) in [5, 5.41) is 10.8. The Bertz CT molecular complexity index is 798. The molecule has 0 saturated carbocycles. The Kier molecular flexibility index (Phi) is 6.46. The Labute approximate surface area is 157 Å². The molecule has 1 aromatic rings. The van der Waals surface area contributed by atoms with Crippen LogP contribution >= 0.6 is 11.6 Å². The van der Waals surface area contributed by atoms with E-state index in [0.29, 0.717) is 12.8 Å². The summed E-state index contributed by atoms with van der Waals surface area (Å²) in [6.45, 7) is 3.46. The van der Waals surface area contributed by atoms with Crippen molar-refractivity contribution >= 4 is 33.0 Å². The van der Waals surface area contributed by atoms with Crippen LogP contribution in [0.3, 0.4) is 0 Å². The van der Waals surface area contributed by atoms with Gasteiger partial charge in [0.05, 0.1) is 21.5 Å². The van der Waals surface area contributed by atoms with E-state index >= 15 is 0 Å². The lowest BCUT2D eigenvalue weighted by Crippen LogP contribution is -2.48. The smallest absolute Gasteiger partial charge is 0.271 e. The van der Waals surface area contributed by atoms with E-state index in [1.54, 1.807) is 4.90 Å². The third-order valence-electron chi connectivity index (χ3n) is 4.43. The number of carbonyl (C=O) groups excluding carboxylic acids is 1. The molecule has 1 fully saturated rings. The average Bonchev–Trinajstić information content (AvgIpc) is 2.92. The molecule has 2 atom stereocenters. The summed E-state index contributed by atoms with van der Waals surface area (Å²) < 4.78 is 28.9. The third kappa shape index (κ3) is 4.85. The molecular weight excluding hydrogens is 384 g/mol. The summed E-state index contributed by atoms with van der Waals surface area (Å²) >= 11 is 5.96. The predicted molar refractivity (Wildman–Crippen MR) is 97.3 cm³/mol. The molecule has 0 unspecified atom stereocenters. The molecule has 0 radical (unpaired) electrons. The van der Waals surface area contributed by atoms with E-state index in [9.17, 15) is 23.3 Å². The standard InChI is InChI=1S/C16H21ClN2O6S/c1-3-11(2)18(13-6-7-26(23,24)10-13)16(20)9-25-15-5-4-12(19(21)22)8-14(15)17/h4-5,8,11,13H,3,6-7,9-10H2,1-2H3/t11-,13-/m1/s1. The Morgan fingerprint density at radius 2 is 2.19 bits per heavy atom. The van der Waals surface area contributed by atoms with E-state index in [0.717, 1.165) is 6.07 Å².